The molecular formula is C15H19Cl2NO2. The van der Waals surface area contributed by atoms with Gasteiger partial charge in [-0.05, 0) is 44.4 Å². The Morgan fingerprint density at radius 3 is 2.60 bits per heavy atom. The number of rotatable bonds is 6. The maximum absolute atomic E-state index is 12.2. The second-order valence-corrected chi connectivity index (χ2v) is 6.18. The first-order valence-corrected chi connectivity index (χ1v) is 7.58. The van der Waals surface area contributed by atoms with E-state index in [0.29, 0.717) is 22.6 Å². The van der Waals surface area contributed by atoms with E-state index in [0.717, 1.165) is 18.4 Å². The maximum Gasteiger partial charge on any atom is 0.249 e. The van der Waals surface area contributed by atoms with Crippen LogP contribution in [0.3, 0.4) is 0 Å². The predicted molar refractivity (Wildman–Crippen MR) is 81.1 cm³/mol. The van der Waals surface area contributed by atoms with Crippen molar-refractivity contribution in [2.75, 3.05) is 6.61 Å². The minimum absolute atomic E-state index is 0.0345. The molecule has 0 radical (unpaired) electrons. The van der Waals surface area contributed by atoms with Gasteiger partial charge in [0.2, 0.25) is 5.91 Å². The topological polar surface area (TPSA) is 29.5 Å². The number of carbonyl (C=O) groups excluding carboxylic acids is 1. The number of hydrogen-bond acceptors (Lipinski definition) is 2. The zero-order chi connectivity index (χ0) is 14.7. The van der Waals surface area contributed by atoms with Gasteiger partial charge in [0.05, 0.1) is 16.1 Å². The summed E-state index contributed by atoms with van der Waals surface area (Å²) in [5, 5.41) is 1.05. The summed E-state index contributed by atoms with van der Waals surface area (Å²) in [5.41, 5.74) is 0.990. The number of ether oxygens (including phenoxy) is 1. The molecule has 0 spiro atoms. The van der Waals surface area contributed by atoms with Crippen LogP contribution >= 0.6 is 23.2 Å². The monoisotopic (exact) mass is 315 g/mol. The zero-order valence-corrected chi connectivity index (χ0v) is 13.2. The summed E-state index contributed by atoms with van der Waals surface area (Å²) in [4.78, 5) is 14.1. The van der Waals surface area contributed by atoms with Crippen molar-refractivity contribution in [1.82, 2.24) is 4.90 Å². The first kappa shape index (κ1) is 15.6. The van der Waals surface area contributed by atoms with Gasteiger partial charge in [-0.2, -0.15) is 0 Å². The van der Waals surface area contributed by atoms with Crippen molar-refractivity contribution < 1.29 is 9.53 Å². The third kappa shape index (κ3) is 4.37. The number of amides is 1. The molecule has 1 amide bonds. The molecule has 0 bridgehead atoms. The minimum Gasteiger partial charge on any atom is -0.369 e. The molecular weight excluding hydrogens is 297 g/mol. The van der Waals surface area contributed by atoms with E-state index in [2.05, 4.69) is 0 Å². The Morgan fingerprint density at radius 2 is 2.05 bits per heavy atom. The van der Waals surface area contributed by atoms with Gasteiger partial charge in [-0.25, -0.2) is 0 Å². The average Bonchev–Trinajstić information content (AvgIpc) is 3.21. The Balaban J connectivity index is 2.01. The van der Waals surface area contributed by atoms with Gasteiger partial charge in [0.25, 0.3) is 0 Å². The van der Waals surface area contributed by atoms with Crippen molar-refractivity contribution in [1.29, 1.82) is 0 Å². The summed E-state index contributed by atoms with van der Waals surface area (Å²) in [6, 6.07) is 5.82. The average molecular weight is 316 g/mol. The molecule has 0 heterocycles. The highest BCUT2D eigenvalue weighted by Crippen LogP contribution is 2.30. The molecule has 0 unspecified atom stereocenters. The van der Waals surface area contributed by atoms with Gasteiger partial charge in [0.15, 0.2) is 0 Å². The van der Waals surface area contributed by atoms with Crippen LogP contribution < -0.4 is 0 Å². The quantitative estimate of drug-likeness (QED) is 0.796. The van der Waals surface area contributed by atoms with E-state index < -0.39 is 0 Å². The molecule has 1 saturated carbocycles. The minimum atomic E-state index is 0.0345. The summed E-state index contributed by atoms with van der Waals surface area (Å²) in [6.07, 6.45) is 2.19. The fourth-order valence-corrected chi connectivity index (χ4v) is 2.28. The van der Waals surface area contributed by atoms with Crippen LogP contribution in [0.25, 0.3) is 0 Å². The molecule has 3 nitrogen and oxygen atoms in total. The van der Waals surface area contributed by atoms with Gasteiger partial charge in [0.1, 0.15) is 6.61 Å². The Bertz CT molecular complexity index is 487. The normalized spacial score (nSPS) is 14.7. The van der Waals surface area contributed by atoms with Crippen molar-refractivity contribution in [3.63, 3.8) is 0 Å². The lowest BCUT2D eigenvalue weighted by Gasteiger charge is -2.23. The molecule has 110 valence electrons. The first-order valence-electron chi connectivity index (χ1n) is 6.82. The smallest absolute Gasteiger partial charge is 0.249 e. The van der Waals surface area contributed by atoms with E-state index in [4.69, 9.17) is 27.9 Å². The standard InChI is InChI=1S/C15H19Cl2NO2/c1-10(2)20-9-15(19)18(12-4-5-12)8-11-3-6-13(16)14(17)7-11/h3,6-7,10,12H,4-5,8-9H2,1-2H3. The van der Waals surface area contributed by atoms with E-state index in [1.54, 1.807) is 6.07 Å². The lowest BCUT2D eigenvalue weighted by molar-refractivity contribution is -0.138. The lowest BCUT2D eigenvalue weighted by Crippen LogP contribution is -2.36. The zero-order valence-electron chi connectivity index (χ0n) is 11.7. The molecule has 0 saturated heterocycles. The van der Waals surface area contributed by atoms with Crippen molar-refractivity contribution >= 4 is 29.1 Å². The summed E-state index contributed by atoms with van der Waals surface area (Å²) >= 11 is 11.9. The summed E-state index contributed by atoms with van der Waals surface area (Å²) in [6.45, 7) is 4.54. The van der Waals surface area contributed by atoms with Crippen molar-refractivity contribution in [3.8, 4) is 0 Å². The number of carbonyl (C=O) groups is 1. The Kier molecular flexibility index (Phi) is 5.30. The summed E-state index contributed by atoms with van der Waals surface area (Å²) in [7, 11) is 0. The molecule has 0 N–H and O–H groups in total. The van der Waals surface area contributed by atoms with E-state index in [-0.39, 0.29) is 18.6 Å². The number of halogens is 2. The molecule has 1 aromatic carbocycles. The number of hydrogen-bond donors (Lipinski definition) is 0. The summed E-state index contributed by atoms with van der Waals surface area (Å²) < 4.78 is 5.40. The van der Waals surface area contributed by atoms with Gasteiger partial charge in [-0.1, -0.05) is 29.3 Å². The third-order valence-electron chi connectivity index (χ3n) is 3.19. The molecule has 1 aliphatic rings. The van der Waals surface area contributed by atoms with Gasteiger partial charge in [-0.15, -0.1) is 0 Å². The van der Waals surface area contributed by atoms with Crippen LogP contribution in [0.5, 0.6) is 0 Å². The van der Waals surface area contributed by atoms with Crippen LogP contribution in [0.15, 0.2) is 18.2 Å². The van der Waals surface area contributed by atoms with Crippen LogP contribution in [-0.4, -0.2) is 29.6 Å². The maximum atomic E-state index is 12.2. The molecule has 2 rings (SSSR count). The summed E-state index contributed by atoms with van der Waals surface area (Å²) in [5.74, 6) is 0.0345. The highest BCUT2D eigenvalue weighted by molar-refractivity contribution is 6.42. The largest absolute Gasteiger partial charge is 0.369 e. The van der Waals surface area contributed by atoms with Crippen molar-refractivity contribution in [3.05, 3.63) is 33.8 Å². The first-order chi connectivity index (χ1) is 9.47. The highest BCUT2D eigenvalue weighted by Gasteiger charge is 2.32. The lowest BCUT2D eigenvalue weighted by atomic mass is 10.2. The molecule has 5 heteroatoms. The van der Waals surface area contributed by atoms with Crippen molar-refractivity contribution in [2.24, 2.45) is 0 Å². The Labute approximate surface area is 129 Å². The van der Waals surface area contributed by atoms with E-state index in [1.165, 1.54) is 0 Å². The molecule has 1 aromatic rings. The number of benzene rings is 1. The van der Waals surface area contributed by atoms with Crippen LogP contribution in [0, 0.1) is 0 Å². The molecule has 0 aliphatic heterocycles. The van der Waals surface area contributed by atoms with Gasteiger partial charge in [0, 0.05) is 12.6 Å². The SMILES string of the molecule is CC(C)OCC(=O)N(Cc1ccc(Cl)c(Cl)c1)C1CC1. The second kappa shape index (κ2) is 6.79. The van der Waals surface area contributed by atoms with Gasteiger partial charge >= 0.3 is 0 Å². The van der Waals surface area contributed by atoms with E-state index in [1.807, 2.05) is 30.9 Å². The van der Waals surface area contributed by atoms with Crippen molar-refractivity contribution in [2.45, 2.75) is 45.4 Å². The highest BCUT2D eigenvalue weighted by atomic mass is 35.5. The van der Waals surface area contributed by atoms with E-state index >= 15 is 0 Å². The second-order valence-electron chi connectivity index (χ2n) is 5.36. The van der Waals surface area contributed by atoms with Crippen LogP contribution in [-0.2, 0) is 16.1 Å². The fraction of sp³-hybridized carbons (Fsp3) is 0.533. The number of nitrogens with zero attached hydrogens (tertiary/aromatic N) is 1. The molecule has 1 fully saturated rings. The predicted octanol–water partition coefficient (Wildman–Crippen LogP) is 3.91. The molecule has 1 aliphatic carbocycles. The Hall–Kier alpha value is -0.770. The van der Waals surface area contributed by atoms with Crippen LogP contribution in [0.2, 0.25) is 10.0 Å². The fourth-order valence-electron chi connectivity index (χ4n) is 1.96. The van der Waals surface area contributed by atoms with Gasteiger partial charge in [-0.3, -0.25) is 4.79 Å². The van der Waals surface area contributed by atoms with E-state index in [9.17, 15) is 4.79 Å². The van der Waals surface area contributed by atoms with Crippen LogP contribution in [0.1, 0.15) is 32.3 Å². The molecule has 0 aromatic heterocycles. The van der Waals surface area contributed by atoms with Gasteiger partial charge < -0.3 is 9.64 Å². The Morgan fingerprint density at radius 1 is 1.35 bits per heavy atom. The third-order valence-corrected chi connectivity index (χ3v) is 3.92. The van der Waals surface area contributed by atoms with Crippen LogP contribution in [0.4, 0.5) is 0 Å². The molecule has 0 atom stereocenters. The molecule has 20 heavy (non-hydrogen) atoms.